The minimum Gasteiger partial charge on any atom is -0.310 e. The second kappa shape index (κ2) is 4.88. The minimum absolute atomic E-state index is 0.127. The van der Waals surface area contributed by atoms with Crippen LogP contribution in [0.15, 0.2) is 23.0 Å². The molecule has 0 aliphatic carbocycles. The van der Waals surface area contributed by atoms with Crippen LogP contribution in [0.25, 0.3) is 21.3 Å². The molecule has 3 aromatic rings. The third-order valence-corrected chi connectivity index (χ3v) is 4.80. The molecule has 1 N–H and O–H groups in total. The number of hydrogen-bond donors (Lipinski definition) is 1. The number of aromatic amines is 1. The first-order chi connectivity index (χ1) is 9.47. The first-order valence-electron chi connectivity index (χ1n) is 5.93. The van der Waals surface area contributed by atoms with Gasteiger partial charge in [-0.3, -0.25) is 4.79 Å². The molecular weight excluding hydrogens is 315 g/mol. The molecule has 0 amide bonds. The minimum atomic E-state index is -0.127. The van der Waals surface area contributed by atoms with E-state index < -0.39 is 0 Å². The van der Waals surface area contributed by atoms with Crippen LogP contribution in [0, 0.1) is 13.8 Å². The normalized spacial score (nSPS) is 11.2. The van der Waals surface area contributed by atoms with Crippen molar-refractivity contribution in [3.8, 4) is 11.1 Å². The zero-order valence-corrected chi connectivity index (χ0v) is 13.1. The summed E-state index contributed by atoms with van der Waals surface area (Å²) in [6, 6.07) is 5.37. The Morgan fingerprint density at radius 1 is 1.20 bits per heavy atom. The van der Waals surface area contributed by atoms with Gasteiger partial charge in [-0.1, -0.05) is 29.3 Å². The fraction of sp³-hybridized carbons (Fsp3) is 0.143. The van der Waals surface area contributed by atoms with Crippen molar-refractivity contribution in [2.24, 2.45) is 0 Å². The van der Waals surface area contributed by atoms with Gasteiger partial charge in [-0.05, 0) is 31.5 Å². The Labute approximate surface area is 129 Å². The van der Waals surface area contributed by atoms with Gasteiger partial charge in [0, 0.05) is 10.4 Å². The van der Waals surface area contributed by atoms with Crippen LogP contribution in [0.2, 0.25) is 10.0 Å². The van der Waals surface area contributed by atoms with Gasteiger partial charge in [-0.25, -0.2) is 4.98 Å². The average Bonchev–Trinajstić information content (AvgIpc) is 2.69. The summed E-state index contributed by atoms with van der Waals surface area (Å²) < 4.78 is 0. The van der Waals surface area contributed by atoms with Crippen molar-refractivity contribution in [2.45, 2.75) is 13.8 Å². The van der Waals surface area contributed by atoms with Gasteiger partial charge in [0.1, 0.15) is 10.7 Å². The molecule has 0 saturated carbocycles. The van der Waals surface area contributed by atoms with E-state index in [1.54, 1.807) is 19.1 Å². The lowest BCUT2D eigenvalue weighted by atomic mass is 10.0. The lowest BCUT2D eigenvalue weighted by Gasteiger charge is -2.04. The van der Waals surface area contributed by atoms with Crippen LogP contribution >= 0.6 is 34.5 Å². The largest absolute Gasteiger partial charge is 0.310 e. The third kappa shape index (κ3) is 2.14. The van der Waals surface area contributed by atoms with Crippen LogP contribution in [-0.2, 0) is 0 Å². The Morgan fingerprint density at radius 2 is 1.95 bits per heavy atom. The number of thiophene rings is 1. The molecule has 1 aromatic carbocycles. The number of aromatic nitrogens is 2. The first-order valence-corrected chi connectivity index (χ1v) is 7.50. The van der Waals surface area contributed by atoms with Crippen LogP contribution in [0.4, 0.5) is 0 Å². The highest BCUT2D eigenvalue weighted by atomic mass is 35.5. The number of benzene rings is 1. The number of H-pyrrole nitrogens is 1. The summed E-state index contributed by atoms with van der Waals surface area (Å²) in [6.45, 7) is 3.74. The molecule has 0 unspecified atom stereocenters. The van der Waals surface area contributed by atoms with Crippen molar-refractivity contribution in [1.82, 2.24) is 9.97 Å². The zero-order chi connectivity index (χ0) is 14.4. The molecule has 0 saturated heterocycles. The van der Waals surface area contributed by atoms with Gasteiger partial charge in [-0.15, -0.1) is 11.3 Å². The zero-order valence-electron chi connectivity index (χ0n) is 10.8. The topological polar surface area (TPSA) is 45.8 Å². The molecule has 20 heavy (non-hydrogen) atoms. The van der Waals surface area contributed by atoms with Crippen molar-refractivity contribution < 1.29 is 0 Å². The average molecular weight is 325 g/mol. The van der Waals surface area contributed by atoms with E-state index in [9.17, 15) is 4.79 Å². The molecule has 0 bridgehead atoms. The Morgan fingerprint density at radius 3 is 2.65 bits per heavy atom. The molecule has 0 aliphatic rings. The van der Waals surface area contributed by atoms with E-state index in [1.807, 2.05) is 13.0 Å². The van der Waals surface area contributed by atoms with E-state index in [2.05, 4.69) is 9.97 Å². The number of aryl methyl sites for hydroxylation is 2. The molecule has 0 fully saturated rings. The maximum absolute atomic E-state index is 12.2. The quantitative estimate of drug-likeness (QED) is 0.712. The summed E-state index contributed by atoms with van der Waals surface area (Å²) in [4.78, 5) is 21.1. The molecule has 0 aliphatic heterocycles. The number of nitrogens with zero attached hydrogens (tertiary/aromatic N) is 1. The molecule has 2 heterocycles. The summed E-state index contributed by atoms with van der Waals surface area (Å²) >= 11 is 13.5. The Bertz CT molecular complexity index is 883. The fourth-order valence-corrected chi connectivity index (χ4v) is 3.62. The summed E-state index contributed by atoms with van der Waals surface area (Å²) in [5, 5.41) is 1.58. The van der Waals surface area contributed by atoms with Crippen LogP contribution < -0.4 is 5.56 Å². The van der Waals surface area contributed by atoms with Gasteiger partial charge >= 0.3 is 0 Å². The maximum atomic E-state index is 12.2. The van der Waals surface area contributed by atoms with E-state index >= 15 is 0 Å². The molecule has 2 aromatic heterocycles. The van der Waals surface area contributed by atoms with Gasteiger partial charge in [0.2, 0.25) is 0 Å². The summed E-state index contributed by atoms with van der Waals surface area (Å²) in [6.07, 6.45) is 0. The van der Waals surface area contributed by atoms with E-state index in [-0.39, 0.29) is 5.56 Å². The van der Waals surface area contributed by atoms with Crippen LogP contribution in [0.1, 0.15) is 10.7 Å². The van der Waals surface area contributed by atoms with Gasteiger partial charge in [0.15, 0.2) is 0 Å². The Hall–Kier alpha value is -1.36. The fourth-order valence-electron chi connectivity index (χ4n) is 2.23. The van der Waals surface area contributed by atoms with Crippen LogP contribution in [0.5, 0.6) is 0 Å². The van der Waals surface area contributed by atoms with Crippen molar-refractivity contribution >= 4 is 44.8 Å². The van der Waals surface area contributed by atoms with Crippen molar-refractivity contribution in [3.05, 3.63) is 49.3 Å². The van der Waals surface area contributed by atoms with Gasteiger partial charge in [0.25, 0.3) is 5.56 Å². The van der Waals surface area contributed by atoms with E-state index in [0.29, 0.717) is 21.3 Å². The van der Waals surface area contributed by atoms with Crippen LogP contribution in [0.3, 0.4) is 0 Å². The molecule has 102 valence electrons. The van der Waals surface area contributed by atoms with Crippen molar-refractivity contribution in [2.75, 3.05) is 0 Å². The third-order valence-electron chi connectivity index (χ3n) is 3.06. The van der Waals surface area contributed by atoms with E-state index in [0.717, 1.165) is 20.8 Å². The molecule has 3 nitrogen and oxygen atoms in total. The van der Waals surface area contributed by atoms with E-state index in [4.69, 9.17) is 23.2 Å². The monoisotopic (exact) mass is 324 g/mol. The SMILES string of the molecule is Cc1nc2sc(C)c(-c3ccc(Cl)c(Cl)c3)c2c(=O)[nH]1. The van der Waals surface area contributed by atoms with Crippen LogP contribution in [-0.4, -0.2) is 9.97 Å². The Kier molecular flexibility index (Phi) is 3.32. The Balaban J connectivity index is 2.38. The van der Waals surface area contributed by atoms with E-state index in [1.165, 1.54) is 11.3 Å². The maximum Gasteiger partial charge on any atom is 0.260 e. The molecule has 0 atom stereocenters. The predicted octanol–water partition coefficient (Wildman–Crippen LogP) is 4.58. The highest BCUT2D eigenvalue weighted by Gasteiger charge is 2.16. The molecule has 0 radical (unpaired) electrons. The molecule has 0 spiro atoms. The highest BCUT2D eigenvalue weighted by Crippen LogP contribution is 2.37. The number of halogens is 2. The second-order valence-electron chi connectivity index (χ2n) is 4.49. The van der Waals surface area contributed by atoms with Gasteiger partial charge in [-0.2, -0.15) is 0 Å². The number of fused-ring (bicyclic) bond motifs is 1. The number of rotatable bonds is 1. The van der Waals surface area contributed by atoms with Gasteiger partial charge in [0.05, 0.1) is 15.4 Å². The van der Waals surface area contributed by atoms with Crippen molar-refractivity contribution in [3.63, 3.8) is 0 Å². The standard InChI is InChI=1S/C14H10Cl2N2OS/c1-6-11(8-3-4-9(15)10(16)5-8)12-13(19)17-7(2)18-14(12)20-6/h3-5H,1-2H3,(H,17,18,19). The molecule has 3 rings (SSSR count). The number of nitrogens with one attached hydrogen (secondary N) is 1. The van der Waals surface area contributed by atoms with Gasteiger partial charge < -0.3 is 4.98 Å². The summed E-state index contributed by atoms with van der Waals surface area (Å²) in [7, 11) is 0. The lowest BCUT2D eigenvalue weighted by molar-refractivity contribution is 1.07. The predicted molar refractivity (Wildman–Crippen MR) is 85.2 cm³/mol. The first kappa shape index (κ1) is 13.6. The number of hydrogen-bond acceptors (Lipinski definition) is 3. The summed E-state index contributed by atoms with van der Waals surface area (Å²) in [5.41, 5.74) is 1.62. The summed E-state index contributed by atoms with van der Waals surface area (Å²) in [5.74, 6) is 0.615. The highest BCUT2D eigenvalue weighted by molar-refractivity contribution is 7.19. The molecular formula is C14H10Cl2N2OS. The lowest BCUT2D eigenvalue weighted by Crippen LogP contribution is -2.08. The second-order valence-corrected chi connectivity index (χ2v) is 6.51. The van der Waals surface area contributed by atoms with Crippen molar-refractivity contribution in [1.29, 1.82) is 0 Å². The smallest absolute Gasteiger partial charge is 0.260 e. The molecule has 6 heteroatoms.